The summed E-state index contributed by atoms with van der Waals surface area (Å²) in [5, 5.41) is 8.62. The van der Waals surface area contributed by atoms with Gasteiger partial charge in [-0.15, -0.1) is 0 Å². The Morgan fingerprint density at radius 1 is 1.07 bits per heavy atom. The summed E-state index contributed by atoms with van der Waals surface area (Å²) in [6.45, 7) is 0. The van der Waals surface area contributed by atoms with Gasteiger partial charge in [0.25, 0.3) is 0 Å². The minimum Gasteiger partial charge on any atom is -0.456 e. The third-order valence-corrected chi connectivity index (χ3v) is 1.85. The predicted molar refractivity (Wildman–Crippen MR) is 55.5 cm³/mol. The second-order valence-corrected chi connectivity index (χ2v) is 2.93. The zero-order chi connectivity index (χ0) is 10.5. The number of nitriles is 1. The van der Waals surface area contributed by atoms with Crippen molar-refractivity contribution in [2.45, 2.75) is 0 Å². The number of rotatable bonds is 2. The molecule has 0 bridgehead atoms. The summed E-state index contributed by atoms with van der Waals surface area (Å²) >= 11 is 0. The van der Waals surface area contributed by atoms with Crippen LogP contribution in [0.1, 0.15) is 5.56 Å². The lowest BCUT2D eigenvalue weighted by Crippen LogP contribution is -1.84. The largest absolute Gasteiger partial charge is 0.456 e. The molecule has 1 aromatic carbocycles. The summed E-state index contributed by atoms with van der Waals surface area (Å²) in [4.78, 5) is 3.94. The number of benzene rings is 1. The van der Waals surface area contributed by atoms with Crippen LogP contribution in [-0.2, 0) is 0 Å². The van der Waals surface area contributed by atoms with E-state index in [0.29, 0.717) is 17.1 Å². The molecule has 3 heteroatoms. The van der Waals surface area contributed by atoms with Crippen molar-refractivity contribution in [3.63, 3.8) is 0 Å². The molecule has 1 aromatic heterocycles. The van der Waals surface area contributed by atoms with Crippen LogP contribution in [0.3, 0.4) is 0 Å². The van der Waals surface area contributed by atoms with Crippen LogP contribution in [0.2, 0.25) is 0 Å². The molecule has 2 aromatic rings. The molecule has 1 heterocycles. The smallest absolute Gasteiger partial charge is 0.145 e. The van der Waals surface area contributed by atoms with Gasteiger partial charge >= 0.3 is 0 Å². The average molecular weight is 196 g/mol. The van der Waals surface area contributed by atoms with Crippen molar-refractivity contribution in [1.82, 2.24) is 4.98 Å². The molecule has 0 aliphatic rings. The maximum Gasteiger partial charge on any atom is 0.145 e. The van der Waals surface area contributed by atoms with Crippen LogP contribution in [0, 0.1) is 11.3 Å². The third-order valence-electron chi connectivity index (χ3n) is 1.85. The van der Waals surface area contributed by atoms with Gasteiger partial charge in [0.15, 0.2) is 0 Å². The van der Waals surface area contributed by atoms with E-state index >= 15 is 0 Å². The van der Waals surface area contributed by atoms with Crippen molar-refractivity contribution in [3.8, 4) is 17.6 Å². The molecule has 2 rings (SSSR count). The monoisotopic (exact) mass is 196 g/mol. The Hall–Kier alpha value is -2.34. The van der Waals surface area contributed by atoms with E-state index in [4.69, 9.17) is 10.00 Å². The second kappa shape index (κ2) is 4.25. The number of ether oxygens (including phenoxy) is 1. The number of pyridine rings is 1. The fourth-order valence-corrected chi connectivity index (χ4v) is 1.14. The first kappa shape index (κ1) is 9.22. The Bertz CT molecular complexity index is 471. The van der Waals surface area contributed by atoms with Crippen LogP contribution >= 0.6 is 0 Å². The van der Waals surface area contributed by atoms with Crippen molar-refractivity contribution >= 4 is 0 Å². The third kappa shape index (κ3) is 2.32. The lowest BCUT2D eigenvalue weighted by atomic mass is 10.2. The van der Waals surface area contributed by atoms with E-state index in [1.54, 1.807) is 42.7 Å². The summed E-state index contributed by atoms with van der Waals surface area (Å²) in [5.41, 5.74) is 0.619. The molecule has 0 radical (unpaired) electrons. The van der Waals surface area contributed by atoms with Gasteiger partial charge < -0.3 is 4.74 Å². The molecule has 0 N–H and O–H groups in total. The summed E-state index contributed by atoms with van der Waals surface area (Å²) in [7, 11) is 0. The van der Waals surface area contributed by atoms with E-state index in [1.807, 2.05) is 6.07 Å². The van der Waals surface area contributed by atoms with E-state index in [9.17, 15) is 0 Å². The molecule has 0 fully saturated rings. The molecule has 0 saturated heterocycles. The molecule has 0 spiro atoms. The molecule has 3 nitrogen and oxygen atoms in total. The van der Waals surface area contributed by atoms with Crippen molar-refractivity contribution in [1.29, 1.82) is 5.26 Å². The number of nitrogens with zero attached hydrogens (tertiary/aromatic N) is 2. The van der Waals surface area contributed by atoms with Crippen molar-refractivity contribution in [2.24, 2.45) is 0 Å². The predicted octanol–water partition coefficient (Wildman–Crippen LogP) is 2.75. The Kier molecular flexibility index (Phi) is 2.61. The van der Waals surface area contributed by atoms with Crippen molar-refractivity contribution in [3.05, 3.63) is 54.4 Å². The highest BCUT2D eigenvalue weighted by Crippen LogP contribution is 2.19. The molecule has 15 heavy (non-hydrogen) atoms. The van der Waals surface area contributed by atoms with E-state index in [-0.39, 0.29) is 0 Å². The highest BCUT2D eigenvalue weighted by atomic mass is 16.5. The maximum atomic E-state index is 8.62. The topological polar surface area (TPSA) is 45.9 Å². The van der Waals surface area contributed by atoms with Gasteiger partial charge in [-0.3, -0.25) is 4.98 Å². The van der Waals surface area contributed by atoms with Crippen LogP contribution in [0.15, 0.2) is 48.8 Å². The first-order valence-electron chi connectivity index (χ1n) is 4.46. The van der Waals surface area contributed by atoms with Gasteiger partial charge in [-0.05, 0) is 36.4 Å². The first-order valence-corrected chi connectivity index (χ1v) is 4.46. The molecule has 0 aliphatic carbocycles. The van der Waals surface area contributed by atoms with Gasteiger partial charge in [-0.25, -0.2) is 0 Å². The molecule has 0 saturated carbocycles. The van der Waals surface area contributed by atoms with Gasteiger partial charge in [0, 0.05) is 6.20 Å². The van der Waals surface area contributed by atoms with Crippen molar-refractivity contribution in [2.75, 3.05) is 0 Å². The lowest BCUT2D eigenvalue weighted by Gasteiger charge is -2.03. The number of hydrogen-bond donors (Lipinski definition) is 0. The maximum absolute atomic E-state index is 8.62. The molecule has 0 aliphatic heterocycles. The van der Waals surface area contributed by atoms with Gasteiger partial charge in [-0.1, -0.05) is 0 Å². The Balaban J connectivity index is 2.16. The second-order valence-electron chi connectivity index (χ2n) is 2.93. The SMILES string of the molecule is N#Cc1ccc(Oc2cccnc2)cc1. The zero-order valence-electron chi connectivity index (χ0n) is 7.92. The fourth-order valence-electron chi connectivity index (χ4n) is 1.14. The quantitative estimate of drug-likeness (QED) is 0.741. The van der Waals surface area contributed by atoms with Crippen LogP contribution in [0.25, 0.3) is 0 Å². The lowest BCUT2D eigenvalue weighted by molar-refractivity contribution is 0.480. The molecule has 0 atom stereocenters. The normalized spacial score (nSPS) is 9.27. The summed E-state index contributed by atoms with van der Waals surface area (Å²) < 4.78 is 5.51. The zero-order valence-corrected chi connectivity index (χ0v) is 7.92. The standard InChI is InChI=1S/C12H8N2O/c13-8-10-3-5-11(6-4-10)15-12-2-1-7-14-9-12/h1-7,9H. The summed E-state index contributed by atoms with van der Waals surface area (Å²) in [6, 6.07) is 12.6. The summed E-state index contributed by atoms with van der Waals surface area (Å²) in [5.74, 6) is 1.38. The highest BCUT2D eigenvalue weighted by Gasteiger charge is 1.96. The Labute approximate surface area is 87.6 Å². The van der Waals surface area contributed by atoms with Gasteiger partial charge in [-0.2, -0.15) is 5.26 Å². The molecule has 72 valence electrons. The number of hydrogen-bond acceptors (Lipinski definition) is 3. The van der Waals surface area contributed by atoms with Gasteiger partial charge in [0.2, 0.25) is 0 Å². The minimum atomic E-state index is 0.619. The highest BCUT2D eigenvalue weighted by molar-refractivity contribution is 5.36. The molecular formula is C12H8N2O. The first-order chi connectivity index (χ1) is 7.38. The van der Waals surface area contributed by atoms with Crippen molar-refractivity contribution < 1.29 is 4.74 Å². The van der Waals surface area contributed by atoms with E-state index in [0.717, 1.165) is 0 Å². The van der Waals surface area contributed by atoms with Crippen LogP contribution in [0.4, 0.5) is 0 Å². The van der Waals surface area contributed by atoms with Crippen LogP contribution < -0.4 is 4.74 Å². The van der Waals surface area contributed by atoms with Crippen LogP contribution in [0.5, 0.6) is 11.5 Å². The van der Waals surface area contributed by atoms with Gasteiger partial charge in [0.1, 0.15) is 11.5 Å². The summed E-state index contributed by atoms with van der Waals surface area (Å²) in [6.07, 6.45) is 3.32. The van der Waals surface area contributed by atoms with E-state index < -0.39 is 0 Å². The van der Waals surface area contributed by atoms with E-state index in [2.05, 4.69) is 11.1 Å². The molecule has 0 amide bonds. The molecule has 0 unspecified atom stereocenters. The van der Waals surface area contributed by atoms with Gasteiger partial charge in [0.05, 0.1) is 17.8 Å². The Morgan fingerprint density at radius 3 is 2.47 bits per heavy atom. The fraction of sp³-hybridized carbons (Fsp3) is 0. The van der Waals surface area contributed by atoms with Crippen LogP contribution in [-0.4, -0.2) is 4.98 Å². The average Bonchev–Trinajstić information content (AvgIpc) is 2.31. The minimum absolute atomic E-state index is 0.619. The number of aromatic nitrogens is 1. The molecular weight excluding hydrogens is 188 g/mol. The Morgan fingerprint density at radius 2 is 1.87 bits per heavy atom. The van der Waals surface area contributed by atoms with E-state index in [1.165, 1.54) is 0 Å².